The molecule has 0 aliphatic carbocycles. The molecule has 2 aliphatic heterocycles. The van der Waals surface area contributed by atoms with E-state index in [4.69, 9.17) is 4.74 Å². The second kappa shape index (κ2) is 7.60. The van der Waals surface area contributed by atoms with E-state index in [-0.39, 0.29) is 29.4 Å². The minimum atomic E-state index is -3.08. The van der Waals surface area contributed by atoms with Gasteiger partial charge < -0.3 is 9.64 Å². The summed E-state index contributed by atoms with van der Waals surface area (Å²) in [5.41, 5.74) is 1.95. The van der Waals surface area contributed by atoms with Gasteiger partial charge in [0.15, 0.2) is 21.6 Å². The van der Waals surface area contributed by atoms with Gasteiger partial charge in [-0.2, -0.15) is 4.99 Å². The Bertz CT molecular complexity index is 1000. The number of ether oxygens (including phenoxy) is 1. The first kappa shape index (κ1) is 19.0. The molecule has 1 amide bonds. The number of nitrogens with zero attached hydrogens (tertiary/aromatic N) is 2. The van der Waals surface area contributed by atoms with Crippen molar-refractivity contribution >= 4 is 38.4 Å². The summed E-state index contributed by atoms with van der Waals surface area (Å²) < 4.78 is 29.7. The average Bonchev–Trinajstić information content (AvgIpc) is 3.12. The molecule has 0 bridgehead atoms. The van der Waals surface area contributed by atoms with Crippen molar-refractivity contribution in [3.63, 3.8) is 0 Å². The zero-order chi connectivity index (χ0) is 19.7. The van der Waals surface area contributed by atoms with Gasteiger partial charge in [0, 0.05) is 10.9 Å². The highest BCUT2D eigenvalue weighted by molar-refractivity contribution is 8.16. The number of amidine groups is 1. The van der Waals surface area contributed by atoms with Gasteiger partial charge >= 0.3 is 0 Å². The molecule has 0 radical (unpaired) electrons. The summed E-state index contributed by atoms with van der Waals surface area (Å²) in [5.74, 6) is 0.393. The Morgan fingerprint density at radius 1 is 1.14 bits per heavy atom. The fourth-order valence-corrected chi connectivity index (χ4v) is 7.30. The van der Waals surface area contributed by atoms with Crippen LogP contribution < -0.4 is 9.64 Å². The molecule has 0 aromatic heterocycles. The number of rotatable bonds is 4. The van der Waals surface area contributed by atoms with E-state index in [0.717, 1.165) is 11.3 Å². The number of hydrogen-bond acceptors (Lipinski definition) is 5. The highest BCUT2D eigenvalue weighted by Gasteiger charge is 2.49. The van der Waals surface area contributed by atoms with Gasteiger partial charge in [-0.3, -0.25) is 4.79 Å². The Labute approximate surface area is 168 Å². The lowest BCUT2D eigenvalue weighted by Crippen LogP contribution is -2.37. The average molecular weight is 417 g/mol. The molecule has 8 heteroatoms. The van der Waals surface area contributed by atoms with Crippen molar-refractivity contribution < 1.29 is 17.9 Å². The molecule has 6 nitrogen and oxygen atoms in total. The summed E-state index contributed by atoms with van der Waals surface area (Å²) in [7, 11) is -3.08. The lowest BCUT2D eigenvalue weighted by Gasteiger charge is -2.24. The van der Waals surface area contributed by atoms with Crippen LogP contribution >= 0.6 is 11.8 Å². The maximum Gasteiger partial charge on any atom is 0.285 e. The molecule has 2 aromatic rings. The first-order valence-corrected chi connectivity index (χ1v) is 11.6. The summed E-state index contributed by atoms with van der Waals surface area (Å²) in [6, 6.07) is 16.7. The van der Waals surface area contributed by atoms with Crippen LogP contribution in [0.2, 0.25) is 0 Å². The Morgan fingerprint density at radius 2 is 1.86 bits per heavy atom. The quantitative estimate of drug-likeness (QED) is 0.763. The van der Waals surface area contributed by atoms with Crippen LogP contribution in [-0.2, 0) is 14.6 Å². The van der Waals surface area contributed by atoms with E-state index >= 15 is 0 Å². The van der Waals surface area contributed by atoms with E-state index in [9.17, 15) is 13.2 Å². The molecule has 0 spiro atoms. The SMILES string of the molecule is Cc1ccc(N2C(=NC(=O)COc3ccccc3)S[C@H]3CS(=O)(=O)C[C@H]32)cc1. The van der Waals surface area contributed by atoms with Crippen molar-refractivity contribution in [2.45, 2.75) is 18.2 Å². The predicted molar refractivity (Wildman–Crippen MR) is 112 cm³/mol. The molecule has 2 fully saturated rings. The molecule has 0 unspecified atom stereocenters. The van der Waals surface area contributed by atoms with Gasteiger partial charge in [-0.05, 0) is 31.2 Å². The zero-order valence-corrected chi connectivity index (χ0v) is 16.9. The maximum absolute atomic E-state index is 12.4. The summed E-state index contributed by atoms with van der Waals surface area (Å²) in [4.78, 5) is 18.5. The van der Waals surface area contributed by atoms with Gasteiger partial charge in [-0.25, -0.2) is 8.42 Å². The number of para-hydroxylation sites is 1. The molecule has 2 atom stereocenters. The van der Waals surface area contributed by atoms with Crippen molar-refractivity contribution in [2.75, 3.05) is 23.0 Å². The monoisotopic (exact) mass is 416 g/mol. The van der Waals surface area contributed by atoms with Crippen LogP contribution in [0.3, 0.4) is 0 Å². The molecular formula is C20H20N2O4S2. The minimum Gasteiger partial charge on any atom is -0.484 e. The summed E-state index contributed by atoms with van der Waals surface area (Å²) in [6.07, 6.45) is 0. The third kappa shape index (κ3) is 4.07. The topological polar surface area (TPSA) is 76.0 Å². The number of carbonyl (C=O) groups excluding carboxylic acids is 1. The van der Waals surface area contributed by atoms with Crippen LogP contribution in [0.5, 0.6) is 5.75 Å². The largest absolute Gasteiger partial charge is 0.484 e. The van der Waals surface area contributed by atoms with Gasteiger partial charge in [0.2, 0.25) is 0 Å². The molecule has 2 aromatic carbocycles. The maximum atomic E-state index is 12.4. The van der Waals surface area contributed by atoms with E-state index in [1.54, 1.807) is 12.1 Å². The predicted octanol–water partition coefficient (Wildman–Crippen LogP) is 2.68. The minimum absolute atomic E-state index is 0.0757. The van der Waals surface area contributed by atoms with Gasteiger partial charge in [0.25, 0.3) is 5.91 Å². The number of aliphatic imine (C=N–C) groups is 1. The van der Waals surface area contributed by atoms with Crippen molar-refractivity contribution in [3.05, 3.63) is 60.2 Å². The molecule has 0 N–H and O–H groups in total. The highest BCUT2D eigenvalue weighted by Crippen LogP contribution is 2.40. The van der Waals surface area contributed by atoms with Crippen LogP contribution in [-0.4, -0.2) is 48.9 Å². The van der Waals surface area contributed by atoms with Crippen LogP contribution in [0, 0.1) is 6.92 Å². The second-order valence-electron chi connectivity index (χ2n) is 6.90. The van der Waals surface area contributed by atoms with Crippen LogP contribution in [0.25, 0.3) is 0 Å². The third-order valence-corrected chi connectivity index (χ3v) is 7.91. The van der Waals surface area contributed by atoms with Crippen LogP contribution in [0.1, 0.15) is 5.56 Å². The van der Waals surface area contributed by atoms with Gasteiger partial charge in [0.05, 0.1) is 17.5 Å². The molecule has 146 valence electrons. The van der Waals surface area contributed by atoms with Crippen molar-refractivity contribution in [3.8, 4) is 5.75 Å². The number of aryl methyl sites for hydroxylation is 1. The highest BCUT2D eigenvalue weighted by atomic mass is 32.2. The van der Waals surface area contributed by atoms with Gasteiger partial charge in [-0.15, -0.1) is 0 Å². The number of hydrogen-bond donors (Lipinski definition) is 0. The number of thioether (sulfide) groups is 1. The van der Waals surface area contributed by atoms with E-state index in [2.05, 4.69) is 4.99 Å². The first-order valence-electron chi connectivity index (χ1n) is 8.94. The Balaban J connectivity index is 1.56. The fraction of sp³-hybridized carbons (Fsp3) is 0.300. The van der Waals surface area contributed by atoms with E-state index in [1.165, 1.54) is 11.8 Å². The first-order chi connectivity index (χ1) is 13.4. The molecule has 2 aliphatic rings. The van der Waals surface area contributed by atoms with E-state index < -0.39 is 15.7 Å². The standard InChI is InChI=1S/C20H20N2O4S2/c1-14-7-9-15(10-8-14)22-17-12-28(24,25)13-18(17)27-20(22)21-19(23)11-26-16-5-3-2-4-6-16/h2-10,17-18H,11-13H2,1H3/t17-,18+/m1/s1. The number of fused-ring (bicyclic) bond motifs is 1. The lowest BCUT2D eigenvalue weighted by atomic mass is 10.1. The smallest absolute Gasteiger partial charge is 0.285 e. The zero-order valence-electron chi connectivity index (χ0n) is 15.3. The molecule has 4 rings (SSSR count). The number of sulfone groups is 1. The molecular weight excluding hydrogens is 396 g/mol. The Morgan fingerprint density at radius 3 is 2.57 bits per heavy atom. The van der Waals surface area contributed by atoms with Crippen LogP contribution in [0.15, 0.2) is 59.6 Å². The molecule has 2 heterocycles. The number of amides is 1. The fourth-order valence-electron chi connectivity index (χ4n) is 3.37. The van der Waals surface area contributed by atoms with E-state index in [0.29, 0.717) is 10.9 Å². The third-order valence-electron chi connectivity index (χ3n) is 4.70. The number of benzene rings is 2. The molecule has 0 saturated carbocycles. The summed E-state index contributed by atoms with van der Waals surface area (Å²) >= 11 is 1.36. The van der Waals surface area contributed by atoms with Gasteiger partial charge in [-0.1, -0.05) is 47.7 Å². The van der Waals surface area contributed by atoms with E-state index in [1.807, 2.05) is 54.3 Å². The summed E-state index contributed by atoms with van der Waals surface area (Å²) in [5, 5.41) is 0.420. The normalized spacial score (nSPS) is 24.3. The molecule has 2 saturated heterocycles. The Kier molecular flexibility index (Phi) is 5.16. The van der Waals surface area contributed by atoms with Crippen molar-refractivity contribution in [1.29, 1.82) is 0 Å². The Hall–Kier alpha value is -2.32. The van der Waals surface area contributed by atoms with Crippen molar-refractivity contribution in [2.24, 2.45) is 4.99 Å². The van der Waals surface area contributed by atoms with Crippen molar-refractivity contribution in [1.82, 2.24) is 0 Å². The second-order valence-corrected chi connectivity index (χ2v) is 10.3. The lowest BCUT2D eigenvalue weighted by molar-refractivity contribution is -0.119. The number of anilines is 1. The number of carbonyl (C=O) groups is 1. The summed E-state index contributed by atoms with van der Waals surface area (Å²) in [6.45, 7) is 1.83. The molecule has 28 heavy (non-hydrogen) atoms. The van der Waals surface area contributed by atoms with Gasteiger partial charge in [0.1, 0.15) is 5.75 Å². The van der Waals surface area contributed by atoms with Crippen LogP contribution in [0.4, 0.5) is 5.69 Å².